The van der Waals surface area contributed by atoms with E-state index < -0.39 is 5.97 Å². The van der Waals surface area contributed by atoms with Gasteiger partial charge in [0.25, 0.3) is 0 Å². The number of carbonyl (C=O) groups is 1. The van der Waals surface area contributed by atoms with Crippen molar-refractivity contribution in [1.29, 1.82) is 0 Å². The Kier molecular flexibility index (Phi) is 3.47. The van der Waals surface area contributed by atoms with Crippen LogP contribution in [0.1, 0.15) is 15.9 Å². The maximum absolute atomic E-state index is 11.1. The SMILES string of the molecule is O=C(O)c1cccnc1SCc1ccc2c(c1)OCO2. The van der Waals surface area contributed by atoms with E-state index >= 15 is 0 Å². The molecule has 0 amide bonds. The zero-order valence-electron chi connectivity index (χ0n) is 10.4. The van der Waals surface area contributed by atoms with E-state index in [1.165, 1.54) is 11.8 Å². The van der Waals surface area contributed by atoms with Gasteiger partial charge in [0.2, 0.25) is 6.79 Å². The number of thioether (sulfide) groups is 1. The van der Waals surface area contributed by atoms with Gasteiger partial charge in [-0.2, -0.15) is 0 Å². The molecule has 0 saturated carbocycles. The van der Waals surface area contributed by atoms with Gasteiger partial charge in [-0.05, 0) is 29.8 Å². The van der Waals surface area contributed by atoms with Crippen LogP contribution in [0.5, 0.6) is 11.5 Å². The number of ether oxygens (including phenoxy) is 2. The average Bonchev–Trinajstić information content (AvgIpc) is 2.92. The minimum absolute atomic E-state index is 0.221. The summed E-state index contributed by atoms with van der Waals surface area (Å²) in [5, 5.41) is 9.61. The molecule has 20 heavy (non-hydrogen) atoms. The minimum Gasteiger partial charge on any atom is -0.478 e. The topological polar surface area (TPSA) is 68.7 Å². The number of benzene rings is 1. The Morgan fingerprint density at radius 3 is 3.00 bits per heavy atom. The van der Waals surface area contributed by atoms with Crippen LogP contribution in [0.4, 0.5) is 0 Å². The molecule has 1 aliphatic heterocycles. The van der Waals surface area contributed by atoms with Gasteiger partial charge in [0.15, 0.2) is 11.5 Å². The molecule has 3 rings (SSSR count). The number of nitrogens with zero attached hydrogens (tertiary/aromatic N) is 1. The molecule has 0 bridgehead atoms. The molecule has 1 aromatic carbocycles. The fraction of sp³-hybridized carbons (Fsp3) is 0.143. The second kappa shape index (κ2) is 5.42. The average molecular weight is 289 g/mol. The normalized spacial score (nSPS) is 12.4. The summed E-state index contributed by atoms with van der Waals surface area (Å²) in [5.74, 6) is 1.12. The fourth-order valence-electron chi connectivity index (χ4n) is 1.85. The van der Waals surface area contributed by atoms with Crippen LogP contribution in [0, 0.1) is 0 Å². The van der Waals surface area contributed by atoms with Gasteiger partial charge >= 0.3 is 5.97 Å². The first-order valence-electron chi connectivity index (χ1n) is 5.93. The number of carboxylic acid groups (broad SMARTS) is 1. The van der Waals surface area contributed by atoms with Crippen molar-refractivity contribution >= 4 is 17.7 Å². The summed E-state index contributed by atoms with van der Waals surface area (Å²) in [6.45, 7) is 0.245. The highest BCUT2D eigenvalue weighted by atomic mass is 32.2. The molecule has 2 aromatic rings. The summed E-state index contributed by atoms with van der Waals surface area (Å²) in [6, 6.07) is 8.86. The number of hydrogen-bond acceptors (Lipinski definition) is 5. The van der Waals surface area contributed by atoms with Gasteiger partial charge in [-0.3, -0.25) is 0 Å². The van der Waals surface area contributed by atoms with Gasteiger partial charge < -0.3 is 14.6 Å². The van der Waals surface area contributed by atoms with Crippen LogP contribution < -0.4 is 9.47 Å². The maximum Gasteiger partial charge on any atom is 0.338 e. The van der Waals surface area contributed by atoms with Gasteiger partial charge in [0.1, 0.15) is 5.03 Å². The Morgan fingerprint density at radius 1 is 1.30 bits per heavy atom. The molecule has 2 heterocycles. The standard InChI is InChI=1S/C14H11NO4S/c16-14(17)10-2-1-5-15-13(10)20-7-9-3-4-11-12(6-9)19-8-18-11/h1-6H,7-8H2,(H,16,17). The van der Waals surface area contributed by atoms with Gasteiger partial charge in [0, 0.05) is 11.9 Å². The molecule has 6 heteroatoms. The quantitative estimate of drug-likeness (QED) is 0.873. The number of hydrogen-bond donors (Lipinski definition) is 1. The lowest BCUT2D eigenvalue weighted by atomic mass is 10.2. The van der Waals surface area contributed by atoms with Crippen molar-refractivity contribution in [3.63, 3.8) is 0 Å². The summed E-state index contributed by atoms with van der Waals surface area (Å²) in [6.07, 6.45) is 1.59. The number of aromatic nitrogens is 1. The molecule has 1 aliphatic rings. The van der Waals surface area contributed by atoms with Crippen molar-refractivity contribution in [1.82, 2.24) is 4.98 Å². The zero-order valence-corrected chi connectivity index (χ0v) is 11.2. The fourth-order valence-corrected chi connectivity index (χ4v) is 2.78. The van der Waals surface area contributed by atoms with Crippen molar-refractivity contribution in [2.75, 3.05) is 6.79 Å². The molecule has 5 nitrogen and oxygen atoms in total. The van der Waals surface area contributed by atoms with Crippen LogP contribution in [0.15, 0.2) is 41.6 Å². The molecular weight excluding hydrogens is 278 g/mol. The number of aromatic carboxylic acids is 1. The highest BCUT2D eigenvalue weighted by Gasteiger charge is 2.14. The zero-order chi connectivity index (χ0) is 13.9. The second-order valence-electron chi connectivity index (χ2n) is 4.14. The summed E-state index contributed by atoms with van der Waals surface area (Å²) in [7, 11) is 0. The maximum atomic E-state index is 11.1. The first kappa shape index (κ1) is 12.8. The summed E-state index contributed by atoms with van der Waals surface area (Å²) < 4.78 is 10.6. The lowest BCUT2D eigenvalue weighted by molar-refractivity contribution is 0.0692. The molecule has 0 atom stereocenters. The summed E-state index contributed by atoms with van der Waals surface area (Å²) in [4.78, 5) is 15.2. The number of fused-ring (bicyclic) bond motifs is 1. The van der Waals surface area contributed by atoms with Gasteiger partial charge in [-0.25, -0.2) is 9.78 Å². The first-order chi connectivity index (χ1) is 9.74. The largest absolute Gasteiger partial charge is 0.478 e. The third-order valence-corrected chi connectivity index (χ3v) is 3.89. The van der Waals surface area contributed by atoms with Crippen LogP contribution in [0.3, 0.4) is 0 Å². The molecular formula is C14H11NO4S. The van der Waals surface area contributed by atoms with E-state index in [-0.39, 0.29) is 12.4 Å². The van der Waals surface area contributed by atoms with Crippen molar-refractivity contribution in [2.24, 2.45) is 0 Å². The van der Waals surface area contributed by atoms with E-state index in [4.69, 9.17) is 14.6 Å². The van der Waals surface area contributed by atoms with Crippen LogP contribution in [-0.2, 0) is 5.75 Å². The van der Waals surface area contributed by atoms with Crippen molar-refractivity contribution in [3.8, 4) is 11.5 Å². The number of carboxylic acids is 1. The van der Waals surface area contributed by atoms with Crippen LogP contribution in [0.2, 0.25) is 0 Å². The lowest BCUT2D eigenvalue weighted by Crippen LogP contribution is -2.00. The van der Waals surface area contributed by atoms with E-state index in [2.05, 4.69) is 4.98 Å². The first-order valence-corrected chi connectivity index (χ1v) is 6.92. The van der Waals surface area contributed by atoms with E-state index in [1.54, 1.807) is 18.3 Å². The van der Waals surface area contributed by atoms with Gasteiger partial charge in [0.05, 0.1) is 5.56 Å². The second-order valence-corrected chi connectivity index (χ2v) is 5.10. The van der Waals surface area contributed by atoms with Crippen molar-refractivity contribution in [3.05, 3.63) is 47.7 Å². The van der Waals surface area contributed by atoms with Crippen molar-refractivity contribution in [2.45, 2.75) is 10.8 Å². The molecule has 0 spiro atoms. The Bertz CT molecular complexity index is 659. The Labute approximate surface area is 119 Å². The summed E-state index contributed by atoms with van der Waals surface area (Å²) >= 11 is 1.39. The molecule has 0 aliphatic carbocycles. The van der Waals surface area contributed by atoms with Crippen molar-refractivity contribution < 1.29 is 19.4 Å². The lowest BCUT2D eigenvalue weighted by Gasteiger charge is -2.05. The third-order valence-electron chi connectivity index (χ3n) is 2.81. The third kappa shape index (κ3) is 2.55. The van der Waals surface area contributed by atoms with Gasteiger partial charge in [-0.1, -0.05) is 6.07 Å². The molecule has 0 saturated heterocycles. The highest BCUT2D eigenvalue weighted by Crippen LogP contribution is 2.34. The van der Waals surface area contributed by atoms with E-state index in [0.29, 0.717) is 10.8 Å². The molecule has 0 radical (unpaired) electrons. The van der Waals surface area contributed by atoms with Crippen LogP contribution in [0.25, 0.3) is 0 Å². The Hall–Kier alpha value is -2.21. The minimum atomic E-state index is -0.966. The molecule has 0 fully saturated rings. The smallest absolute Gasteiger partial charge is 0.338 e. The predicted octanol–water partition coefficient (Wildman–Crippen LogP) is 2.80. The highest BCUT2D eigenvalue weighted by molar-refractivity contribution is 7.98. The molecule has 0 unspecified atom stereocenters. The molecule has 1 aromatic heterocycles. The Balaban J connectivity index is 1.75. The van der Waals surface area contributed by atoms with Gasteiger partial charge in [-0.15, -0.1) is 11.8 Å². The number of pyridine rings is 1. The van der Waals surface area contributed by atoms with Crippen LogP contribution >= 0.6 is 11.8 Å². The summed E-state index contributed by atoms with van der Waals surface area (Å²) in [5.41, 5.74) is 1.25. The van der Waals surface area contributed by atoms with Crippen LogP contribution in [-0.4, -0.2) is 22.9 Å². The van der Waals surface area contributed by atoms with E-state index in [9.17, 15) is 4.79 Å². The molecule has 102 valence electrons. The van der Waals surface area contributed by atoms with E-state index in [0.717, 1.165) is 17.1 Å². The monoisotopic (exact) mass is 289 g/mol. The Morgan fingerprint density at radius 2 is 2.15 bits per heavy atom. The van der Waals surface area contributed by atoms with E-state index in [1.807, 2.05) is 18.2 Å². The predicted molar refractivity (Wildman–Crippen MR) is 73.3 cm³/mol. The number of rotatable bonds is 4. The molecule has 1 N–H and O–H groups in total.